The van der Waals surface area contributed by atoms with E-state index in [-0.39, 0.29) is 11.7 Å². The zero-order valence-corrected chi connectivity index (χ0v) is 11.2. The maximum Gasteiger partial charge on any atom is 0.241 e. The highest BCUT2D eigenvalue weighted by molar-refractivity contribution is 5.94. The van der Waals surface area contributed by atoms with Crippen molar-refractivity contribution in [3.63, 3.8) is 0 Å². The number of amides is 1. The van der Waals surface area contributed by atoms with Crippen LogP contribution in [-0.2, 0) is 11.2 Å². The smallest absolute Gasteiger partial charge is 0.241 e. The third kappa shape index (κ3) is 3.80. The number of phenolic OH excluding ortho intramolecular Hbond substituents is 1. The summed E-state index contributed by atoms with van der Waals surface area (Å²) in [6.07, 6.45) is 2.01. The van der Waals surface area contributed by atoms with Crippen LogP contribution in [-0.4, -0.2) is 22.0 Å². The Morgan fingerprint density at radius 2 is 2.00 bits per heavy atom. The molecule has 0 fully saturated rings. The van der Waals surface area contributed by atoms with Gasteiger partial charge in [0.15, 0.2) is 0 Å². The summed E-state index contributed by atoms with van der Waals surface area (Å²) in [6, 6.07) is 9.59. The van der Waals surface area contributed by atoms with Crippen molar-refractivity contribution < 1.29 is 9.90 Å². The largest absolute Gasteiger partial charge is 0.508 e. The number of rotatable bonds is 4. The molecule has 5 nitrogen and oxygen atoms in total. The Morgan fingerprint density at radius 3 is 2.60 bits per heavy atom. The molecule has 0 spiro atoms. The van der Waals surface area contributed by atoms with E-state index in [0.29, 0.717) is 12.1 Å². The van der Waals surface area contributed by atoms with Gasteiger partial charge in [0.2, 0.25) is 5.91 Å². The number of anilines is 1. The van der Waals surface area contributed by atoms with Gasteiger partial charge in [0.05, 0.1) is 17.9 Å². The van der Waals surface area contributed by atoms with Crippen molar-refractivity contribution in [1.29, 1.82) is 0 Å². The molecular weight excluding hydrogens is 254 g/mol. The van der Waals surface area contributed by atoms with E-state index in [2.05, 4.69) is 10.3 Å². The van der Waals surface area contributed by atoms with Crippen molar-refractivity contribution in [3.8, 4) is 5.75 Å². The molecule has 0 saturated carbocycles. The average molecular weight is 271 g/mol. The van der Waals surface area contributed by atoms with Crippen LogP contribution in [0.5, 0.6) is 5.75 Å². The average Bonchev–Trinajstić information content (AvgIpc) is 2.44. The van der Waals surface area contributed by atoms with Gasteiger partial charge in [-0.25, -0.2) is 0 Å². The van der Waals surface area contributed by atoms with Gasteiger partial charge in [0.25, 0.3) is 0 Å². The number of aromatic hydroxyl groups is 1. The molecule has 0 bridgehead atoms. The van der Waals surface area contributed by atoms with Gasteiger partial charge < -0.3 is 16.2 Å². The zero-order chi connectivity index (χ0) is 14.5. The van der Waals surface area contributed by atoms with Crippen molar-refractivity contribution in [1.82, 2.24) is 4.98 Å². The third-order valence-corrected chi connectivity index (χ3v) is 2.91. The fourth-order valence-electron chi connectivity index (χ4n) is 1.76. The summed E-state index contributed by atoms with van der Waals surface area (Å²) in [5.41, 5.74) is 8.28. The van der Waals surface area contributed by atoms with Crippen LogP contribution in [0, 0.1) is 6.92 Å². The van der Waals surface area contributed by atoms with E-state index < -0.39 is 6.04 Å². The molecular formula is C15H17N3O2. The van der Waals surface area contributed by atoms with E-state index in [1.54, 1.807) is 36.5 Å². The molecule has 0 radical (unpaired) electrons. The van der Waals surface area contributed by atoms with E-state index in [0.717, 1.165) is 11.3 Å². The number of hydrogen-bond acceptors (Lipinski definition) is 4. The summed E-state index contributed by atoms with van der Waals surface area (Å²) in [5.74, 6) is -0.0683. The third-order valence-electron chi connectivity index (χ3n) is 2.91. The van der Waals surface area contributed by atoms with Crippen LogP contribution in [0.4, 0.5) is 5.69 Å². The van der Waals surface area contributed by atoms with Crippen LogP contribution in [0.2, 0.25) is 0 Å². The van der Waals surface area contributed by atoms with E-state index in [9.17, 15) is 9.90 Å². The first kappa shape index (κ1) is 14.0. The van der Waals surface area contributed by atoms with E-state index in [1.165, 1.54) is 0 Å². The number of nitrogens with zero attached hydrogens (tertiary/aromatic N) is 1. The van der Waals surface area contributed by atoms with Crippen LogP contribution >= 0.6 is 0 Å². The summed E-state index contributed by atoms with van der Waals surface area (Å²) >= 11 is 0. The summed E-state index contributed by atoms with van der Waals surface area (Å²) in [5, 5.41) is 11.9. The zero-order valence-electron chi connectivity index (χ0n) is 11.2. The predicted octanol–water partition coefficient (Wildman–Crippen LogP) is 1.60. The number of carbonyl (C=O) groups is 1. The van der Waals surface area contributed by atoms with Gasteiger partial charge in [0.1, 0.15) is 5.75 Å². The highest BCUT2D eigenvalue weighted by Gasteiger charge is 2.14. The lowest BCUT2D eigenvalue weighted by atomic mass is 10.1. The minimum Gasteiger partial charge on any atom is -0.508 e. The first-order chi connectivity index (χ1) is 9.54. The molecule has 0 aliphatic rings. The normalized spacial score (nSPS) is 11.9. The molecule has 1 amide bonds. The monoisotopic (exact) mass is 271 g/mol. The summed E-state index contributed by atoms with van der Waals surface area (Å²) in [6.45, 7) is 1.88. The SMILES string of the molecule is Cc1ccc(NC(=O)C(N)Cc2ccc(O)cc2)cn1. The van der Waals surface area contributed by atoms with Crippen LogP contribution < -0.4 is 11.1 Å². The first-order valence-corrected chi connectivity index (χ1v) is 6.31. The Kier molecular flexibility index (Phi) is 4.32. The number of phenols is 1. The van der Waals surface area contributed by atoms with Gasteiger partial charge in [-0.05, 0) is 43.2 Å². The second-order valence-electron chi connectivity index (χ2n) is 4.65. The van der Waals surface area contributed by atoms with E-state index >= 15 is 0 Å². The molecule has 0 aliphatic heterocycles. The molecule has 1 heterocycles. The molecule has 1 aromatic heterocycles. The fourth-order valence-corrected chi connectivity index (χ4v) is 1.76. The van der Waals surface area contributed by atoms with E-state index in [1.807, 2.05) is 13.0 Å². The lowest BCUT2D eigenvalue weighted by Gasteiger charge is -2.12. The molecule has 2 rings (SSSR count). The highest BCUT2D eigenvalue weighted by Crippen LogP contribution is 2.12. The predicted molar refractivity (Wildman–Crippen MR) is 77.4 cm³/mol. The molecule has 2 aromatic rings. The van der Waals surface area contributed by atoms with Gasteiger partial charge in [-0.2, -0.15) is 0 Å². The number of nitrogens with one attached hydrogen (secondary N) is 1. The number of benzene rings is 1. The minimum absolute atomic E-state index is 0.192. The van der Waals surface area contributed by atoms with Crippen molar-refractivity contribution in [3.05, 3.63) is 53.9 Å². The number of carbonyl (C=O) groups excluding carboxylic acids is 1. The maximum absolute atomic E-state index is 12.0. The van der Waals surface area contributed by atoms with Gasteiger partial charge in [0, 0.05) is 5.69 Å². The quantitative estimate of drug-likeness (QED) is 0.788. The van der Waals surface area contributed by atoms with Gasteiger partial charge in [-0.3, -0.25) is 9.78 Å². The Hall–Kier alpha value is -2.40. The van der Waals surface area contributed by atoms with Crippen LogP contribution in [0.3, 0.4) is 0 Å². The summed E-state index contributed by atoms with van der Waals surface area (Å²) < 4.78 is 0. The molecule has 0 saturated heterocycles. The lowest BCUT2D eigenvalue weighted by Crippen LogP contribution is -2.37. The topological polar surface area (TPSA) is 88.2 Å². The van der Waals surface area contributed by atoms with Crippen molar-refractivity contribution in [2.24, 2.45) is 5.73 Å². The Labute approximate surface area is 117 Å². The molecule has 20 heavy (non-hydrogen) atoms. The second-order valence-corrected chi connectivity index (χ2v) is 4.65. The lowest BCUT2D eigenvalue weighted by molar-refractivity contribution is -0.117. The minimum atomic E-state index is -0.652. The molecule has 0 aliphatic carbocycles. The number of hydrogen-bond donors (Lipinski definition) is 3. The van der Waals surface area contributed by atoms with Crippen LogP contribution in [0.1, 0.15) is 11.3 Å². The molecule has 5 heteroatoms. The van der Waals surface area contributed by atoms with Crippen molar-refractivity contribution >= 4 is 11.6 Å². The van der Waals surface area contributed by atoms with Gasteiger partial charge >= 0.3 is 0 Å². The van der Waals surface area contributed by atoms with Gasteiger partial charge in [-0.15, -0.1) is 0 Å². The number of aryl methyl sites for hydroxylation is 1. The summed E-state index contributed by atoms with van der Waals surface area (Å²) in [4.78, 5) is 16.1. The first-order valence-electron chi connectivity index (χ1n) is 6.31. The van der Waals surface area contributed by atoms with Crippen LogP contribution in [0.15, 0.2) is 42.6 Å². The van der Waals surface area contributed by atoms with Crippen molar-refractivity contribution in [2.45, 2.75) is 19.4 Å². The van der Waals surface area contributed by atoms with Gasteiger partial charge in [-0.1, -0.05) is 12.1 Å². The Bertz CT molecular complexity index is 579. The van der Waals surface area contributed by atoms with Crippen molar-refractivity contribution in [2.75, 3.05) is 5.32 Å². The molecule has 1 unspecified atom stereocenters. The number of nitrogens with two attached hydrogens (primary N) is 1. The number of pyridine rings is 1. The molecule has 1 aromatic carbocycles. The molecule has 104 valence electrons. The molecule has 4 N–H and O–H groups in total. The fraction of sp³-hybridized carbons (Fsp3) is 0.200. The Balaban J connectivity index is 1.94. The molecule has 1 atom stereocenters. The second kappa shape index (κ2) is 6.16. The standard InChI is InChI=1S/C15H17N3O2/c1-10-2-5-12(9-17-10)18-15(20)14(16)8-11-3-6-13(19)7-4-11/h2-7,9,14,19H,8,16H2,1H3,(H,18,20). The maximum atomic E-state index is 12.0. The van der Waals surface area contributed by atoms with Crippen LogP contribution in [0.25, 0.3) is 0 Å². The Morgan fingerprint density at radius 1 is 1.30 bits per heavy atom. The highest BCUT2D eigenvalue weighted by atomic mass is 16.3. The van der Waals surface area contributed by atoms with E-state index in [4.69, 9.17) is 5.73 Å². The summed E-state index contributed by atoms with van der Waals surface area (Å²) in [7, 11) is 0. The number of aromatic nitrogens is 1.